The first-order valence-electron chi connectivity index (χ1n) is 12.9. The number of benzene rings is 3. The van der Waals surface area contributed by atoms with Crippen LogP contribution in [-0.4, -0.2) is 70.0 Å². The lowest BCUT2D eigenvalue weighted by Crippen LogP contribution is -2.48. The number of nitrogens with zero attached hydrogens (tertiary/aromatic N) is 4. The maximum atomic E-state index is 14.0. The van der Waals surface area contributed by atoms with Crippen molar-refractivity contribution in [2.24, 2.45) is 0 Å². The predicted octanol–water partition coefficient (Wildman–Crippen LogP) is 3.74. The number of thiazole rings is 1. The van der Waals surface area contributed by atoms with Gasteiger partial charge in [-0.1, -0.05) is 35.6 Å². The summed E-state index contributed by atoms with van der Waals surface area (Å²) >= 11 is 1.50. The van der Waals surface area contributed by atoms with Crippen LogP contribution in [0.15, 0.2) is 71.6 Å². The number of carbonyl (C=O) groups excluding carboxylic acids is 1. The molecule has 2 aliphatic rings. The normalized spacial score (nSPS) is 16.0. The van der Waals surface area contributed by atoms with E-state index in [1.165, 1.54) is 33.8 Å². The van der Waals surface area contributed by atoms with E-state index < -0.39 is 10.0 Å². The van der Waals surface area contributed by atoms with Gasteiger partial charge in [-0.15, -0.1) is 0 Å². The highest BCUT2D eigenvalue weighted by atomic mass is 32.2. The number of carbonyl (C=O) groups is 1. The molecule has 2 aliphatic heterocycles. The molecule has 0 atom stereocenters. The van der Waals surface area contributed by atoms with E-state index in [-0.39, 0.29) is 16.6 Å². The van der Waals surface area contributed by atoms with Crippen LogP contribution in [0.1, 0.15) is 15.9 Å². The summed E-state index contributed by atoms with van der Waals surface area (Å²) in [7, 11) is -3.69. The molecule has 0 saturated carbocycles. The molecule has 0 unspecified atom stereocenters. The summed E-state index contributed by atoms with van der Waals surface area (Å²) in [6.45, 7) is 4.81. The molecule has 1 saturated heterocycles. The Morgan fingerprint density at radius 3 is 2.49 bits per heavy atom. The van der Waals surface area contributed by atoms with Gasteiger partial charge in [0.1, 0.15) is 11.3 Å². The van der Waals surface area contributed by atoms with Crippen LogP contribution >= 0.6 is 11.3 Å². The summed E-state index contributed by atoms with van der Waals surface area (Å²) in [5.41, 5.74) is 2.58. The van der Waals surface area contributed by atoms with E-state index in [0.717, 1.165) is 41.6 Å². The molecular formula is C28H28FN5O3S2. The minimum Gasteiger partial charge on any atom is -0.351 e. The third-order valence-corrected chi connectivity index (χ3v) is 10.2. The number of anilines is 2. The maximum absolute atomic E-state index is 14.0. The Morgan fingerprint density at radius 2 is 1.72 bits per heavy atom. The number of fused-ring (bicyclic) bond motifs is 2. The first-order chi connectivity index (χ1) is 18.9. The monoisotopic (exact) mass is 565 g/mol. The molecule has 3 aromatic carbocycles. The lowest BCUT2D eigenvalue weighted by atomic mass is 10.2. The summed E-state index contributed by atoms with van der Waals surface area (Å²) in [6.07, 6.45) is 0.687. The lowest BCUT2D eigenvalue weighted by molar-refractivity contribution is 0.0947. The highest BCUT2D eigenvalue weighted by Gasteiger charge is 2.30. The molecule has 0 aliphatic carbocycles. The van der Waals surface area contributed by atoms with E-state index in [1.54, 1.807) is 18.2 Å². The molecule has 1 aromatic heterocycles. The molecule has 0 radical (unpaired) electrons. The summed E-state index contributed by atoms with van der Waals surface area (Å²) in [5.74, 6) is -0.529. The zero-order valence-electron chi connectivity index (χ0n) is 21.2. The minimum atomic E-state index is -3.69. The van der Waals surface area contributed by atoms with Gasteiger partial charge in [0.2, 0.25) is 0 Å². The fourth-order valence-corrected chi connectivity index (χ4v) is 7.63. The van der Waals surface area contributed by atoms with E-state index in [2.05, 4.69) is 20.1 Å². The highest BCUT2D eigenvalue weighted by molar-refractivity contribution is 7.92. The average Bonchev–Trinajstić information content (AvgIpc) is 3.59. The maximum Gasteiger partial charge on any atom is 0.264 e. The molecule has 202 valence electrons. The fraction of sp³-hybridized carbons (Fsp3) is 0.286. The Kier molecular flexibility index (Phi) is 6.96. The Balaban J connectivity index is 0.994. The Morgan fingerprint density at radius 1 is 0.949 bits per heavy atom. The molecule has 4 aromatic rings. The molecule has 3 heterocycles. The number of piperazine rings is 1. The van der Waals surface area contributed by atoms with Gasteiger partial charge in [0.05, 0.1) is 15.3 Å². The summed E-state index contributed by atoms with van der Waals surface area (Å²) < 4.78 is 42.7. The van der Waals surface area contributed by atoms with Crippen LogP contribution in [-0.2, 0) is 16.4 Å². The van der Waals surface area contributed by atoms with Gasteiger partial charge in [0.15, 0.2) is 5.13 Å². The Bertz CT molecular complexity index is 1620. The Hall–Kier alpha value is -3.54. The molecular weight excluding hydrogens is 537 g/mol. The third kappa shape index (κ3) is 5.09. The second-order valence-electron chi connectivity index (χ2n) is 9.65. The SMILES string of the molecule is O=C(NCCN1CCN(c2nc3c(F)cccc3s2)CC1)c1ccc(S(=O)(=O)N2CCc3ccccc32)cc1. The van der Waals surface area contributed by atoms with Gasteiger partial charge in [-0.3, -0.25) is 14.0 Å². The van der Waals surface area contributed by atoms with Gasteiger partial charge < -0.3 is 10.2 Å². The standard InChI is InChI=1S/C28H28FN5O3S2/c29-23-5-3-7-25-26(23)31-28(38-25)33-18-16-32(17-19-33)15-13-30-27(35)21-8-10-22(11-9-21)39(36,37)34-14-12-20-4-1-2-6-24(20)34/h1-11H,12-19H2,(H,30,35). The summed E-state index contributed by atoms with van der Waals surface area (Å²) in [4.78, 5) is 21.8. The topological polar surface area (TPSA) is 85.9 Å². The van der Waals surface area contributed by atoms with Gasteiger partial charge in [-0.25, -0.2) is 17.8 Å². The largest absolute Gasteiger partial charge is 0.351 e. The van der Waals surface area contributed by atoms with Crippen LogP contribution in [0.3, 0.4) is 0 Å². The van der Waals surface area contributed by atoms with Crippen molar-refractivity contribution in [1.82, 2.24) is 15.2 Å². The van der Waals surface area contributed by atoms with Crippen LogP contribution in [0.25, 0.3) is 10.2 Å². The quantitative estimate of drug-likeness (QED) is 0.368. The van der Waals surface area contributed by atoms with Crippen molar-refractivity contribution in [3.63, 3.8) is 0 Å². The van der Waals surface area contributed by atoms with Crippen molar-refractivity contribution in [1.29, 1.82) is 0 Å². The molecule has 6 rings (SSSR count). The number of rotatable bonds is 7. The molecule has 1 fully saturated rings. The number of para-hydroxylation sites is 2. The van der Waals surface area contributed by atoms with Gasteiger partial charge in [-0.05, 0) is 54.4 Å². The molecule has 0 spiro atoms. The van der Waals surface area contributed by atoms with Crippen molar-refractivity contribution in [3.05, 3.63) is 83.7 Å². The smallest absolute Gasteiger partial charge is 0.264 e. The molecule has 1 N–H and O–H groups in total. The third-order valence-electron chi connectivity index (χ3n) is 7.26. The van der Waals surface area contributed by atoms with Crippen molar-refractivity contribution >= 4 is 48.3 Å². The number of sulfonamides is 1. The second kappa shape index (κ2) is 10.6. The molecule has 1 amide bonds. The van der Waals surface area contributed by atoms with Crippen molar-refractivity contribution < 1.29 is 17.6 Å². The minimum absolute atomic E-state index is 0.171. The Labute approximate surface area is 230 Å². The van der Waals surface area contributed by atoms with Gasteiger partial charge >= 0.3 is 0 Å². The fourth-order valence-electron chi connectivity index (χ4n) is 5.09. The van der Waals surface area contributed by atoms with E-state index in [4.69, 9.17) is 0 Å². The second-order valence-corrected chi connectivity index (χ2v) is 12.5. The van der Waals surface area contributed by atoms with E-state index in [1.807, 2.05) is 30.3 Å². The van der Waals surface area contributed by atoms with Crippen LogP contribution in [0.2, 0.25) is 0 Å². The van der Waals surface area contributed by atoms with Crippen LogP contribution in [0.5, 0.6) is 0 Å². The zero-order valence-corrected chi connectivity index (χ0v) is 22.8. The average molecular weight is 566 g/mol. The predicted molar refractivity (Wildman–Crippen MR) is 152 cm³/mol. The summed E-state index contributed by atoms with van der Waals surface area (Å²) in [5, 5.41) is 3.77. The van der Waals surface area contributed by atoms with Crippen molar-refractivity contribution in [2.45, 2.75) is 11.3 Å². The number of amides is 1. The van der Waals surface area contributed by atoms with Crippen LogP contribution in [0.4, 0.5) is 15.2 Å². The molecule has 0 bridgehead atoms. The summed E-state index contributed by atoms with van der Waals surface area (Å²) in [6, 6.07) is 18.7. The van der Waals surface area contributed by atoms with E-state index >= 15 is 0 Å². The number of aromatic nitrogens is 1. The molecule has 39 heavy (non-hydrogen) atoms. The van der Waals surface area contributed by atoms with E-state index in [9.17, 15) is 17.6 Å². The van der Waals surface area contributed by atoms with Gasteiger partial charge in [0.25, 0.3) is 15.9 Å². The first kappa shape index (κ1) is 25.7. The van der Waals surface area contributed by atoms with Crippen molar-refractivity contribution in [2.75, 3.05) is 55.0 Å². The first-order valence-corrected chi connectivity index (χ1v) is 15.2. The number of hydrogen-bond acceptors (Lipinski definition) is 7. The molecule has 11 heteroatoms. The van der Waals surface area contributed by atoms with Crippen LogP contribution in [0, 0.1) is 5.82 Å². The van der Waals surface area contributed by atoms with Crippen LogP contribution < -0.4 is 14.5 Å². The number of nitrogens with one attached hydrogen (secondary N) is 1. The zero-order chi connectivity index (χ0) is 27.0. The molecule has 8 nitrogen and oxygen atoms in total. The highest BCUT2D eigenvalue weighted by Crippen LogP contribution is 2.33. The van der Waals surface area contributed by atoms with Gasteiger partial charge in [0, 0.05) is 51.4 Å². The lowest BCUT2D eigenvalue weighted by Gasteiger charge is -2.34. The number of halogens is 1. The van der Waals surface area contributed by atoms with Crippen molar-refractivity contribution in [3.8, 4) is 0 Å². The van der Waals surface area contributed by atoms with Gasteiger partial charge in [-0.2, -0.15) is 0 Å². The number of hydrogen-bond donors (Lipinski definition) is 1. The van der Waals surface area contributed by atoms with E-state index in [0.29, 0.717) is 42.8 Å².